The first-order valence-corrected chi connectivity index (χ1v) is 11.0. The van der Waals surface area contributed by atoms with Gasteiger partial charge in [0.1, 0.15) is 0 Å². The molecule has 0 aliphatic carbocycles. The van der Waals surface area contributed by atoms with Crippen molar-refractivity contribution in [2.75, 3.05) is 29.6 Å². The molecule has 184 valence electrons. The van der Waals surface area contributed by atoms with Crippen LogP contribution in [0.15, 0.2) is 49.2 Å². The van der Waals surface area contributed by atoms with Gasteiger partial charge in [-0.2, -0.15) is 0 Å². The third-order valence-corrected chi connectivity index (χ3v) is 4.89. The number of amides is 2. The van der Waals surface area contributed by atoms with Gasteiger partial charge in [0, 0.05) is 57.2 Å². The minimum atomic E-state index is -0.558. The van der Waals surface area contributed by atoms with Crippen molar-refractivity contribution in [1.82, 2.24) is 23.9 Å². The van der Waals surface area contributed by atoms with Crippen LogP contribution in [-0.2, 0) is 16.6 Å². The van der Waals surface area contributed by atoms with Crippen LogP contribution in [0.1, 0.15) is 13.8 Å². The number of hydrogen-bond donors (Lipinski definition) is 2. The number of aromatic nitrogens is 5. The van der Waals surface area contributed by atoms with Gasteiger partial charge in [0.15, 0.2) is 0 Å². The lowest BCUT2D eigenvalue weighted by Gasteiger charge is -2.09. The van der Waals surface area contributed by atoms with Crippen LogP contribution in [0.25, 0.3) is 17.0 Å². The Bertz CT molecular complexity index is 1320. The van der Waals surface area contributed by atoms with Crippen molar-refractivity contribution < 1.29 is 14.3 Å². The molecule has 12 heteroatoms. The summed E-state index contributed by atoms with van der Waals surface area (Å²) in [5.41, 5.74) is 2.30. The number of fused-ring (bicyclic) bond motifs is 1. The van der Waals surface area contributed by atoms with Crippen LogP contribution in [0.5, 0.6) is 0 Å². The number of aryl methyl sites for hydroxylation is 1. The number of hydrogen-bond acceptors (Lipinski definition) is 7. The summed E-state index contributed by atoms with van der Waals surface area (Å²) in [4.78, 5) is 37.0. The summed E-state index contributed by atoms with van der Waals surface area (Å²) < 4.78 is 8.67. The Kier molecular flexibility index (Phi) is 8.26. The van der Waals surface area contributed by atoms with E-state index in [4.69, 9.17) is 16.3 Å². The van der Waals surface area contributed by atoms with Crippen LogP contribution in [0.3, 0.4) is 0 Å². The van der Waals surface area contributed by atoms with E-state index in [1.54, 1.807) is 55.0 Å². The third kappa shape index (κ3) is 6.70. The lowest BCUT2D eigenvalue weighted by atomic mass is 10.1. The van der Waals surface area contributed by atoms with E-state index in [-0.39, 0.29) is 6.10 Å². The number of nitrogens with zero attached hydrogens (tertiary/aromatic N) is 6. The normalized spacial score (nSPS) is 10.5. The number of imidazole rings is 2. The fourth-order valence-electron chi connectivity index (χ4n) is 3.11. The van der Waals surface area contributed by atoms with Crippen molar-refractivity contribution in [3.63, 3.8) is 0 Å². The standard InChI is InChI=1S/C17H16ClN5O3.C6H11N3/c1-10(2)26-17(25)21-12-6-19-16-22-15(8-23(16)7-12)13-5-11(20-9-24)3-4-14(13)18;1-8(2)6-7-4-5-9(6)3/h3-10H,1-2H3,(H,20,24)(H,21,25);4-5H,1-3H3. The highest BCUT2D eigenvalue weighted by Gasteiger charge is 2.12. The SMILES string of the molecule is CC(C)OC(=O)Nc1cnc2nc(-c3cc(NC=O)ccc3Cl)cn2c1.CN(C)c1nccn1C. The van der Waals surface area contributed by atoms with Crippen LogP contribution in [0.4, 0.5) is 22.1 Å². The summed E-state index contributed by atoms with van der Waals surface area (Å²) in [5, 5.41) is 5.67. The molecule has 2 amide bonds. The van der Waals surface area contributed by atoms with E-state index in [2.05, 4.69) is 25.6 Å². The lowest BCUT2D eigenvalue weighted by Crippen LogP contribution is -2.18. The Morgan fingerprint density at radius 3 is 2.57 bits per heavy atom. The van der Waals surface area contributed by atoms with Gasteiger partial charge in [-0.25, -0.2) is 19.7 Å². The molecule has 0 saturated carbocycles. The molecule has 0 aliphatic rings. The molecule has 0 fully saturated rings. The highest BCUT2D eigenvalue weighted by atomic mass is 35.5. The van der Waals surface area contributed by atoms with Gasteiger partial charge in [0.05, 0.1) is 28.7 Å². The number of rotatable bonds is 6. The minimum Gasteiger partial charge on any atom is -0.447 e. The Morgan fingerprint density at radius 2 is 1.97 bits per heavy atom. The molecule has 11 nitrogen and oxygen atoms in total. The van der Waals surface area contributed by atoms with Crippen molar-refractivity contribution in [2.45, 2.75) is 20.0 Å². The van der Waals surface area contributed by atoms with E-state index in [0.29, 0.717) is 39.8 Å². The van der Waals surface area contributed by atoms with Crippen LogP contribution in [0, 0.1) is 0 Å². The second kappa shape index (κ2) is 11.3. The Labute approximate surface area is 207 Å². The van der Waals surface area contributed by atoms with Gasteiger partial charge in [-0.1, -0.05) is 11.6 Å². The summed E-state index contributed by atoms with van der Waals surface area (Å²) in [5.74, 6) is 1.42. The first kappa shape index (κ1) is 25.5. The van der Waals surface area contributed by atoms with Crippen LogP contribution < -0.4 is 15.5 Å². The fraction of sp³-hybridized carbons (Fsp3) is 0.261. The van der Waals surface area contributed by atoms with Gasteiger partial charge >= 0.3 is 6.09 Å². The van der Waals surface area contributed by atoms with E-state index < -0.39 is 6.09 Å². The molecule has 1 aromatic carbocycles. The number of ether oxygens (including phenoxy) is 1. The highest BCUT2D eigenvalue weighted by Crippen LogP contribution is 2.30. The summed E-state index contributed by atoms with van der Waals surface area (Å²) in [7, 11) is 5.92. The molecule has 2 N–H and O–H groups in total. The first-order chi connectivity index (χ1) is 16.7. The molecule has 3 heterocycles. The minimum absolute atomic E-state index is 0.221. The molecule has 0 bridgehead atoms. The zero-order valence-corrected chi connectivity index (χ0v) is 20.8. The Hall–Kier alpha value is -4.12. The number of carbonyl (C=O) groups excluding carboxylic acids is 2. The molecular formula is C23H27ClN8O3. The molecule has 0 atom stereocenters. The third-order valence-electron chi connectivity index (χ3n) is 4.56. The predicted octanol–water partition coefficient (Wildman–Crippen LogP) is 4.06. The number of anilines is 3. The molecule has 35 heavy (non-hydrogen) atoms. The van der Waals surface area contributed by atoms with E-state index in [1.807, 2.05) is 36.8 Å². The topological polar surface area (TPSA) is 119 Å². The molecule has 4 rings (SSSR count). The van der Waals surface area contributed by atoms with E-state index >= 15 is 0 Å². The maximum atomic E-state index is 11.7. The first-order valence-electron chi connectivity index (χ1n) is 10.6. The van der Waals surface area contributed by atoms with E-state index in [0.717, 1.165) is 5.95 Å². The molecule has 0 spiro atoms. The van der Waals surface area contributed by atoms with Gasteiger partial charge in [-0.3, -0.25) is 14.5 Å². The Balaban J connectivity index is 0.000000320. The summed E-state index contributed by atoms with van der Waals surface area (Å²) in [6.07, 6.45) is 8.41. The largest absolute Gasteiger partial charge is 0.447 e. The molecule has 0 saturated heterocycles. The predicted molar refractivity (Wildman–Crippen MR) is 136 cm³/mol. The number of nitrogens with one attached hydrogen (secondary N) is 2. The van der Waals surface area contributed by atoms with Crippen molar-refractivity contribution in [1.29, 1.82) is 0 Å². The Morgan fingerprint density at radius 1 is 1.20 bits per heavy atom. The molecule has 0 aliphatic heterocycles. The smallest absolute Gasteiger partial charge is 0.411 e. The van der Waals surface area contributed by atoms with Crippen molar-refractivity contribution in [3.05, 3.63) is 54.2 Å². The van der Waals surface area contributed by atoms with E-state index in [9.17, 15) is 9.59 Å². The van der Waals surface area contributed by atoms with Gasteiger partial charge in [0.25, 0.3) is 0 Å². The number of benzene rings is 1. The molecule has 4 aromatic rings. The van der Waals surface area contributed by atoms with Gasteiger partial charge in [0.2, 0.25) is 18.1 Å². The lowest BCUT2D eigenvalue weighted by molar-refractivity contribution is -0.105. The average Bonchev–Trinajstić information content (AvgIpc) is 3.41. The molecule has 0 radical (unpaired) electrons. The van der Waals surface area contributed by atoms with Crippen molar-refractivity contribution in [2.24, 2.45) is 7.05 Å². The fourth-order valence-corrected chi connectivity index (χ4v) is 3.32. The summed E-state index contributed by atoms with van der Waals surface area (Å²) >= 11 is 6.25. The van der Waals surface area contributed by atoms with Crippen LogP contribution in [-0.4, -0.2) is 56.6 Å². The molecule has 3 aromatic heterocycles. The monoisotopic (exact) mass is 498 g/mol. The molecule has 0 unspecified atom stereocenters. The van der Waals surface area contributed by atoms with Crippen molar-refractivity contribution in [3.8, 4) is 11.3 Å². The summed E-state index contributed by atoms with van der Waals surface area (Å²) in [6.45, 7) is 3.53. The maximum Gasteiger partial charge on any atom is 0.411 e. The van der Waals surface area contributed by atoms with Crippen LogP contribution >= 0.6 is 11.6 Å². The zero-order chi connectivity index (χ0) is 25.5. The number of carbonyl (C=O) groups is 2. The second-order valence-electron chi connectivity index (χ2n) is 7.94. The van der Waals surface area contributed by atoms with Gasteiger partial charge < -0.3 is 19.5 Å². The highest BCUT2D eigenvalue weighted by molar-refractivity contribution is 6.33. The van der Waals surface area contributed by atoms with Crippen LogP contribution in [0.2, 0.25) is 5.02 Å². The van der Waals surface area contributed by atoms with Gasteiger partial charge in [-0.15, -0.1) is 0 Å². The van der Waals surface area contributed by atoms with E-state index in [1.165, 1.54) is 6.20 Å². The maximum absolute atomic E-state index is 11.7. The quantitative estimate of drug-likeness (QED) is 0.385. The summed E-state index contributed by atoms with van der Waals surface area (Å²) in [6, 6.07) is 5.09. The molecular weight excluding hydrogens is 472 g/mol. The van der Waals surface area contributed by atoms with Crippen molar-refractivity contribution >= 4 is 47.2 Å². The van der Waals surface area contributed by atoms with Gasteiger partial charge in [-0.05, 0) is 32.0 Å². The number of halogens is 1. The average molecular weight is 499 g/mol. The second-order valence-corrected chi connectivity index (χ2v) is 8.35. The zero-order valence-electron chi connectivity index (χ0n) is 20.1.